The fraction of sp³-hybridized carbons (Fsp3) is 0.312. The second kappa shape index (κ2) is 5.93. The molecule has 22 heavy (non-hydrogen) atoms. The van der Waals surface area contributed by atoms with Gasteiger partial charge in [0.25, 0.3) is 0 Å². The fourth-order valence-electron chi connectivity index (χ4n) is 2.28. The van der Waals surface area contributed by atoms with Gasteiger partial charge in [-0.25, -0.2) is 4.98 Å². The number of fused-ring (bicyclic) bond motifs is 1. The van der Waals surface area contributed by atoms with Crippen LogP contribution in [0.3, 0.4) is 0 Å². The second-order valence-corrected chi connectivity index (χ2v) is 5.94. The average Bonchev–Trinajstić information content (AvgIpc) is 2.90. The number of anilines is 1. The van der Waals surface area contributed by atoms with Crippen LogP contribution in [-0.4, -0.2) is 19.5 Å². The van der Waals surface area contributed by atoms with E-state index < -0.39 is 0 Å². The maximum absolute atomic E-state index is 6.06. The summed E-state index contributed by atoms with van der Waals surface area (Å²) >= 11 is 6.06. The number of hydrogen-bond donors (Lipinski definition) is 1. The molecule has 3 rings (SSSR count). The minimum absolute atomic E-state index is 0.223. The summed E-state index contributed by atoms with van der Waals surface area (Å²) in [6.45, 7) is 6.90. The number of nitrogens with one attached hydrogen (secondary N) is 1. The minimum atomic E-state index is 0.223. The van der Waals surface area contributed by atoms with E-state index >= 15 is 0 Å². The molecule has 0 bridgehead atoms. The Hall–Kier alpha value is -2.14. The van der Waals surface area contributed by atoms with Gasteiger partial charge in [-0.05, 0) is 37.9 Å². The van der Waals surface area contributed by atoms with Gasteiger partial charge in [-0.1, -0.05) is 29.8 Å². The zero-order valence-electron chi connectivity index (χ0n) is 12.8. The van der Waals surface area contributed by atoms with E-state index in [9.17, 15) is 0 Å². The summed E-state index contributed by atoms with van der Waals surface area (Å²) in [7, 11) is 0. The first-order valence-corrected chi connectivity index (χ1v) is 7.62. The highest BCUT2D eigenvalue weighted by Crippen LogP contribution is 2.23. The number of halogens is 1. The number of rotatable bonds is 4. The van der Waals surface area contributed by atoms with Crippen LogP contribution in [0.1, 0.15) is 31.0 Å². The van der Waals surface area contributed by atoms with Crippen molar-refractivity contribution in [3.05, 3.63) is 47.0 Å². The third-order valence-corrected chi connectivity index (χ3v) is 3.70. The van der Waals surface area contributed by atoms with Crippen molar-refractivity contribution in [1.82, 2.24) is 19.5 Å². The molecule has 0 spiro atoms. The SMILES string of the molecule is Cc1ccc(CNc2nc(Cl)nc3c2ncn3C(C)C)cc1. The molecule has 5 nitrogen and oxygen atoms in total. The lowest BCUT2D eigenvalue weighted by Gasteiger charge is -2.09. The Morgan fingerprint density at radius 1 is 1.18 bits per heavy atom. The van der Waals surface area contributed by atoms with Gasteiger partial charge in [0.2, 0.25) is 5.28 Å². The molecule has 3 aromatic rings. The van der Waals surface area contributed by atoms with E-state index in [-0.39, 0.29) is 11.3 Å². The average molecular weight is 316 g/mol. The molecule has 0 aliphatic rings. The molecule has 0 radical (unpaired) electrons. The Morgan fingerprint density at radius 3 is 2.59 bits per heavy atom. The number of aromatic nitrogens is 4. The van der Waals surface area contributed by atoms with E-state index in [2.05, 4.69) is 65.3 Å². The van der Waals surface area contributed by atoms with Crippen LogP contribution in [0.5, 0.6) is 0 Å². The Balaban J connectivity index is 1.91. The quantitative estimate of drug-likeness (QED) is 0.740. The topological polar surface area (TPSA) is 55.6 Å². The first-order valence-electron chi connectivity index (χ1n) is 7.24. The summed E-state index contributed by atoms with van der Waals surface area (Å²) in [5.74, 6) is 0.662. The lowest BCUT2D eigenvalue weighted by molar-refractivity contribution is 0.612. The van der Waals surface area contributed by atoms with E-state index in [0.717, 1.165) is 11.2 Å². The van der Waals surface area contributed by atoms with Gasteiger partial charge in [0.05, 0.1) is 6.33 Å². The Morgan fingerprint density at radius 2 is 1.91 bits per heavy atom. The van der Waals surface area contributed by atoms with Crippen molar-refractivity contribution in [2.45, 2.75) is 33.4 Å². The van der Waals surface area contributed by atoms with Crippen molar-refractivity contribution in [3.8, 4) is 0 Å². The molecule has 0 aliphatic carbocycles. The largest absolute Gasteiger partial charge is 0.364 e. The molecule has 0 saturated heterocycles. The first-order chi connectivity index (χ1) is 10.5. The number of aryl methyl sites for hydroxylation is 1. The van der Waals surface area contributed by atoms with E-state index in [0.29, 0.717) is 12.4 Å². The van der Waals surface area contributed by atoms with Gasteiger partial charge in [-0.3, -0.25) is 0 Å². The molecule has 1 N–H and O–H groups in total. The van der Waals surface area contributed by atoms with Crippen molar-refractivity contribution in [2.75, 3.05) is 5.32 Å². The predicted octanol–water partition coefficient (Wildman–Crippen LogP) is 3.98. The summed E-state index contributed by atoms with van der Waals surface area (Å²) < 4.78 is 1.99. The molecule has 2 heterocycles. The minimum Gasteiger partial charge on any atom is -0.364 e. The van der Waals surface area contributed by atoms with E-state index in [1.807, 2.05) is 4.57 Å². The van der Waals surface area contributed by atoms with Crippen molar-refractivity contribution < 1.29 is 0 Å². The summed E-state index contributed by atoms with van der Waals surface area (Å²) in [6, 6.07) is 8.63. The van der Waals surface area contributed by atoms with E-state index in [4.69, 9.17) is 11.6 Å². The van der Waals surface area contributed by atoms with Gasteiger partial charge in [-0.2, -0.15) is 9.97 Å². The highest BCUT2D eigenvalue weighted by atomic mass is 35.5. The van der Waals surface area contributed by atoms with Crippen molar-refractivity contribution in [2.24, 2.45) is 0 Å². The fourth-order valence-corrected chi connectivity index (χ4v) is 2.45. The van der Waals surface area contributed by atoms with Gasteiger partial charge < -0.3 is 9.88 Å². The summed E-state index contributed by atoms with van der Waals surface area (Å²) in [5, 5.41) is 3.53. The zero-order chi connectivity index (χ0) is 15.7. The number of nitrogens with zero attached hydrogens (tertiary/aromatic N) is 4. The molecular weight excluding hydrogens is 298 g/mol. The van der Waals surface area contributed by atoms with Crippen LogP contribution in [0.2, 0.25) is 5.28 Å². The molecule has 0 unspecified atom stereocenters. The number of imidazole rings is 1. The Labute approximate surface area is 134 Å². The molecule has 0 aliphatic heterocycles. The van der Waals surface area contributed by atoms with E-state index in [1.165, 1.54) is 11.1 Å². The van der Waals surface area contributed by atoms with Gasteiger partial charge in [0.1, 0.15) is 0 Å². The molecular formula is C16H18ClN5. The van der Waals surface area contributed by atoms with Gasteiger partial charge >= 0.3 is 0 Å². The van der Waals surface area contributed by atoms with Crippen molar-refractivity contribution >= 4 is 28.6 Å². The van der Waals surface area contributed by atoms with Gasteiger partial charge in [0.15, 0.2) is 17.0 Å². The van der Waals surface area contributed by atoms with Crippen LogP contribution in [0.15, 0.2) is 30.6 Å². The van der Waals surface area contributed by atoms with Crippen LogP contribution in [0.25, 0.3) is 11.2 Å². The van der Waals surface area contributed by atoms with Gasteiger partial charge in [0, 0.05) is 12.6 Å². The summed E-state index contributed by atoms with van der Waals surface area (Å²) in [6.07, 6.45) is 1.78. The molecule has 2 aromatic heterocycles. The predicted molar refractivity (Wildman–Crippen MR) is 89.2 cm³/mol. The standard InChI is InChI=1S/C16H18ClN5/c1-10(2)22-9-19-13-14(20-16(17)21-15(13)22)18-8-12-6-4-11(3)5-7-12/h4-7,9-10H,8H2,1-3H3,(H,18,20,21). The Kier molecular flexibility index (Phi) is 3.98. The van der Waals surface area contributed by atoms with Crippen molar-refractivity contribution in [1.29, 1.82) is 0 Å². The Bertz CT molecular complexity index is 792. The maximum atomic E-state index is 6.06. The number of hydrogen-bond acceptors (Lipinski definition) is 4. The lowest BCUT2D eigenvalue weighted by atomic mass is 10.1. The summed E-state index contributed by atoms with van der Waals surface area (Å²) in [4.78, 5) is 13.0. The summed E-state index contributed by atoms with van der Waals surface area (Å²) in [5.41, 5.74) is 3.91. The monoisotopic (exact) mass is 315 g/mol. The van der Waals surface area contributed by atoms with Crippen molar-refractivity contribution in [3.63, 3.8) is 0 Å². The third-order valence-electron chi connectivity index (χ3n) is 3.53. The van der Waals surface area contributed by atoms with Crippen LogP contribution in [0, 0.1) is 6.92 Å². The lowest BCUT2D eigenvalue weighted by Crippen LogP contribution is -2.05. The highest BCUT2D eigenvalue weighted by Gasteiger charge is 2.13. The molecule has 1 aromatic carbocycles. The highest BCUT2D eigenvalue weighted by molar-refractivity contribution is 6.28. The molecule has 0 saturated carbocycles. The van der Waals surface area contributed by atoms with Gasteiger partial charge in [-0.15, -0.1) is 0 Å². The van der Waals surface area contributed by atoms with Crippen LogP contribution >= 0.6 is 11.6 Å². The molecule has 6 heteroatoms. The van der Waals surface area contributed by atoms with Crippen LogP contribution < -0.4 is 5.32 Å². The molecule has 0 amide bonds. The molecule has 0 fully saturated rings. The van der Waals surface area contributed by atoms with Crippen LogP contribution in [-0.2, 0) is 6.54 Å². The molecule has 114 valence electrons. The second-order valence-electron chi connectivity index (χ2n) is 5.60. The zero-order valence-corrected chi connectivity index (χ0v) is 13.6. The normalized spacial score (nSPS) is 11.3. The maximum Gasteiger partial charge on any atom is 0.226 e. The third kappa shape index (κ3) is 2.90. The molecule has 0 atom stereocenters. The smallest absolute Gasteiger partial charge is 0.226 e. The van der Waals surface area contributed by atoms with E-state index in [1.54, 1.807) is 6.33 Å². The number of benzene rings is 1. The first kappa shape index (κ1) is 14.8. The van der Waals surface area contributed by atoms with Crippen LogP contribution in [0.4, 0.5) is 5.82 Å².